The van der Waals surface area contributed by atoms with Crippen LogP contribution in [-0.4, -0.2) is 23.5 Å². The van der Waals surface area contributed by atoms with Crippen molar-refractivity contribution >= 4 is 28.2 Å². The minimum Gasteiger partial charge on any atom is -0.382 e. The zero-order valence-corrected chi connectivity index (χ0v) is 11.1. The van der Waals surface area contributed by atoms with Gasteiger partial charge in [0.05, 0.1) is 0 Å². The number of carbonyl (C=O) groups excluding carboxylic acids is 1. The van der Waals surface area contributed by atoms with Gasteiger partial charge in [-0.15, -0.1) is 0 Å². The van der Waals surface area contributed by atoms with Crippen LogP contribution in [-0.2, 0) is 0 Å². The Hall–Kier alpha value is -1.56. The van der Waals surface area contributed by atoms with Crippen molar-refractivity contribution in [3.63, 3.8) is 0 Å². The van der Waals surface area contributed by atoms with Crippen LogP contribution in [0.15, 0.2) is 12.2 Å². The summed E-state index contributed by atoms with van der Waals surface area (Å²) in [6, 6.07) is 0.256. The van der Waals surface area contributed by atoms with Crippen molar-refractivity contribution in [3.05, 3.63) is 17.0 Å². The number of nitrogens with two attached hydrogens (primary N) is 1. The van der Waals surface area contributed by atoms with Crippen LogP contribution < -0.4 is 16.4 Å². The summed E-state index contributed by atoms with van der Waals surface area (Å²) in [6.07, 6.45) is 0. The number of amides is 1. The molecule has 5 nitrogen and oxygen atoms in total. The van der Waals surface area contributed by atoms with E-state index in [4.69, 9.17) is 5.73 Å². The molecule has 1 rings (SSSR count). The third-order valence-corrected chi connectivity index (χ3v) is 2.82. The lowest BCUT2D eigenvalue weighted by atomic mass is 10.3. The summed E-state index contributed by atoms with van der Waals surface area (Å²) in [5.41, 5.74) is 6.59. The molecule has 6 heteroatoms. The van der Waals surface area contributed by atoms with Crippen molar-refractivity contribution in [3.8, 4) is 0 Å². The first-order valence-corrected chi connectivity index (χ1v) is 6.17. The average Bonchev–Trinajstić information content (AvgIpc) is 2.54. The molecule has 94 valence electrons. The van der Waals surface area contributed by atoms with Crippen molar-refractivity contribution in [1.29, 1.82) is 0 Å². The number of thiazole rings is 1. The average molecular weight is 254 g/mol. The number of nitrogens with zero attached hydrogens (tertiary/aromatic N) is 1. The topological polar surface area (TPSA) is 80.0 Å². The highest BCUT2D eigenvalue weighted by Crippen LogP contribution is 2.25. The van der Waals surface area contributed by atoms with Gasteiger partial charge in [-0.3, -0.25) is 4.79 Å². The normalized spacial score (nSPS) is 10.4. The second-order valence-electron chi connectivity index (χ2n) is 4.17. The fourth-order valence-corrected chi connectivity index (χ4v) is 2.06. The van der Waals surface area contributed by atoms with Gasteiger partial charge < -0.3 is 16.4 Å². The lowest BCUT2D eigenvalue weighted by molar-refractivity contribution is 0.0961. The fraction of sp³-hybridized carbons (Fsp3) is 0.455. The molecular weight excluding hydrogens is 236 g/mol. The minimum absolute atomic E-state index is 0.209. The van der Waals surface area contributed by atoms with Crippen molar-refractivity contribution in [1.82, 2.24) is 10.3 Å². The van der Waals surface area contributed by atoms with Crippen molar-refractivity contribution in [2.75, 3.05) is 17.6 Å². The van der Waals surface area contributed by atoms with Gasteiger partial charge in [-0.05, 0) is 20.8 Å². The predicted octanol–water partition coefficient (Wildman–Crippen LogP) is 1.85. The predicted molar refractivity (Wildman–Crippen MR) is 72.4 cm³/mol. The molecule has 17 heavy (non-hydrogen) atoms. The zero-order valence-electron chi connectivity index (χ0n) is 10.3. The number of nitrogens with one attached hydrogen (secondary N) is 2. The van der Waals surface area contributed by atoms with Gasteiger partial charge in [-0.1, -0.05) is 23.5 Å². The summed E-state index contributed by atoms with van der Waals surface area (Å²) in [4.78, 5) is 16.3. The molecule has 1 aromatic heterocycles. The third-order valence-electron chi connectivity index (χ3n) is 1.82. The molecule has 0 bridgehead atoms. The van der Waals surface area contributed by atoms with Crippen LogP contribution in [0.2, 0.25) is 0 Å². The molecule has 0 aromatic carbocycles. The Kier molecular flexibility index (Phi) is 4.51. The molecule has 0 saturated heterocycles. The van der Waals surface area contributed by atoms with Gasteiger partial charge in [0.1, 0.15) is 10.7 Å². The molecule has 0 radical (unpaired) electrons. The van der Waals surface area contributed by atoms with E-state index in [2.05, 4.69) is 22.2 Å². The highest BCUT2D eigenvalue weighted by Gasteiger charge is 2.15. The van der Waals surface area contributed by atoms with Crippen molar-refractivity contribution < 1.29 is 4.79 Å². The number of carbonyl (C=O) groups is 1. The molecule has 0 spiro atoms. The first kappa shape index (κ1) is 13.5. The Morgan fingerprint density at radius 3 is 2.76 bits per heavy atom. The first-order valence-electron chi connectivity index (χ1n) is 5.35. The molecule has 0 fully saturated rings. The smallest absolute Gasteiger partial charge is 0.265 e. The van der Waals surface area contributed by atoms with E-state index in [1.807, 2.05) is 20.8 Å². The highest BCUT2D eigenvalue weighted by molar-refractivity contribution is 7.18. The van der Waals surface area contributed by atoms with E-state index in [0.717, 1.165) is 5.57 Å². The van der Waals surface area contributed by atoms with E-state index in [9.17, 15) is 4.79 Å². The van der Waals surface area contributed by atoms with Gasteiger partial charge >= 0.3 is 0 Å². The summed E-state index contributed by atoms with van der Waals surface area (Å²) < 4.78 is 0. The van der Waals surface area contributed by atoms with Crippen LogP contribution in [0, 0.1) is 0 Å². The Labute approximate surface area is 105 Å². The van der Waals surface area contributed by atoms with E-state index in [0.29, 0.717) is 16.6 Å². The maximum Gasteiger partial charge on any atom is 0.265 e. The molecule has 0 aliphatic carbocycles. The van der Waals surface area contributed by atoms with Crippen LogP contribution in [0.4, 0.5) is 10.9 Å². The summed E-state index contributed by atoms with van der Waals surface area (Å²) in [5, 5.41) is 6.51. The maximum atomic E-state index is 11.8. The molecule has 0 aliphatic heterocycles. The summed E-state index contributed by atoms with van der Waals surface area (Å²) in [6.45, 7) is 10.0. The van der Waals surface area contributed by atoms with Crippen molar-refractivity contribution in [2.45, 2.75) is 26.8 Å². The molecular formula is C11H18N4OS. The number of hydrogen-bond acceptors (Lipinski definition) is 5. The largest absolute Gasteiger partial charge is 0.382 e. The second-order valence-corrected chi connectivity index (χ2v) is 5.17. The van der Waals surface area contributed by atoms with E-state index in [1.165, 1.54) is 11.3 Å². The molecule has 0 aliphatic rings. The van der Waals surface area contributed by atoms with Crippen LogP contribution >= 0.6 is 11.3 Å². The Morgan fingerprint density at radius 1 is 1.59 bits per heavy atom. The van der Waals surface area contributed by atoms with Crippen LogP contribution in [0.3, 0.4) is 0 Å². The lowest BCUT2D eigenvalue weighted by Gasteiger charge is -2.04. The van der Waals surface area contributed by atoms with Gasteiger partial charge in [0.15, 0.2) is 5.13 Å². The van der Waals surface area contributed by atoms with Gasteiger partial charge in [-0.2, -0.15) is 0 Å². The van der Waals surface area contributed by atoms with Gasteiger partial charge in [0.2, 0.25) is 0 Å². The summed E-state index contributed by atoms with van der Waals surface area (Å²) in [5.74, 6) is 0.0529. The SMILES string of the molecule is C=C(C)CNC(=O)c1sc(NC(C)C)nc1N. The van der Waals surface area contributed by atoms with E-state index >= 15 is 0 Å². The third kappa shape index (κ3) is 4.07. The van der Waals surface area contributed by atoms with Crippen molar-refractivity contribution in [2.24, 2.45) is 0 Å². The van der Waals surface area contributed by atoms with E-state index < -0.39 is 0 Å². The summed E-state index contributed by atoms with van der Waals surface area (Å²) in [7, 11) is 0. The van der Waals surface area contributed by atoms with Gasteiger partial charge in [0.25, 0.3) is 5.91 Å². The van der Waals surface area contributed by atoms with Crippen LogP contribution in [0.1, 0.15) is 30.4 Å². The number of aromatic nitrogens is 1. The highest BCUT2D eigenvalue weighted by atomic mass is 32.1. The van der Waals surface area contributed by atoms with Gasteiger partial charge in [-0.25, -0.2) is 4.98 Å². The molecule has 4 N–H and O–H groups in total. The molecule has 1 amide bonds. The number of anilines is 2. The number of nitrogen functional groups attached to an aromatic ring is 1. The summed E-state index contributed by atoms with van der Waals surface area (Å²) >= 11 is 1.26. The Morgan fingerprint density at radius 2 is 2.24 bits per heavy atom. The Bertz CT molecular complexity index is 425. The van der Waals surface area contributed by atoms with Crippen LogP contribution in [0.5, 0.6) is 0 Å². The number of hydrogen-bond donors (Lipinski definition) is 3. The molecule has 1 heterocycles. The molecule has 0 saturated carbocycles. The maximum absolute atomic E-state index is 11.8. The van der Waals surface area contributed by atoms with Gasteiger partial charge in [0, 0.05) is 12.6 Å². The quantitative estimate of drug-likeness (QED) is 0.701. The van der Waals surface area contributed by atoms with E-state index in [1.54, 1.807) is 0 Å². The molecule has 0 atom stereocenters. The Balaban J connectivity index is 2.73. The fourth-order valence-electron chi connectivity index (χ4n) is 1.11. The van der Waals surface area contributed by atoms with Crippen LogP contribution in [0.25, 0.3) is 0 Å². The minimum atomic E-state index is -0.209. The number of rotatable bonds is 5. The zero-order chi connectivity index (χ0) is 13.0. The molecule has 1 aromatic rings. The monoisotopic (exact) mass is 254 g/mol. The standard InChI is InChI=1S/C11H18N4OS/c1-6(2)5-13-10(16)8-9(12)15-11(17-8)14-7(3)4/h7H,1,5,12H2,2-4H3,(H,13,16)(H,14,15). The first-order chi connectivity index (χ1) is 7.90. The second kappa shape index (κ2) is 5.67. The van der Waals surface area contributed by atoms with E-state index in [-0.39, 0.29) is 17.8 Å². The lowest BCUT2D eigenvalue weighted by Crippen LogP contribution is -2.24. The molecule has 0 unspecified atom stereocenters.